The van der Waals surface area contributed by atoms with E-state index in [0.717, 1.165) is 18.0 Å². The maximum atomic E-state index is 3.61. The number of hydrogen-bond acceptors (Lipinski definition) is 2. The molecular weight excluding hydrogens is 232 g/mol. The number of hydrogen-bond donors (Lipinski definition) is 1. The van der Waals surface area contributed by atoms with Crippen molar-refractivity contribution in [2.24, 2.45) is 11.3 Å². The Labute approximate surface area is 120 Å². The Balaban J connectivity index is 2.09. The van der Waals surface area contributed by atoms with Crippen LogP contribution < -0.4 is 5.32 Å². The molecule has 0 spiro atoms. The van der Waals surface area contributed by atoms with Gasteiger partial charge in [-0.15, -0.1) is 0 Å². The summed E-state index contributed by atoms with van der Waals surface area (Å²) >= 11 is 0. The van der Waals surface area contributed by atoms with Crippen molar-refractivity contribution in [3.8, 4) is 0 Å². The van der Waals surface area contributed by atoms with Crippen molar-refractivity contribution in [1.29, 1.82) is 0 Å². The Morgan fingerprint density at radius 3 is 2.47 bits per heavy atom. The molecule has 1 aliphatic heterocycles. The molecule has 1 saturated carbocycles. The summed E-state index contributed by atoms with van der Waals surface area (Å²) in [4.78, 5) is 2.85. The Morgan fingerprint density at radius 1 is 1.16 bits per heavy atom. The van der Waals surface area contributed by atoms with Crippen LogP contribution in [0.3, 0.4) is 0 Å². The first-order valence-electron chi connectivity index (χ1n) is 8.40. The van der Waals surface area contributed by atoms with E-state index in [1.54, 1.807) is 0 Å². The summed E-state index contributed by atoms with van der Waals surface area (Å²) in [7, 11) is 2.16. The Bertz CT molecular complexity index is 281. The van der Waals surface area contributed by atoms with Crippen molar-refractivity contribution < 1.29 is 0 Å². The van der Waals surface area contributed by atoms with Crippen LogP contribution in [0.15, 0.2) is 0 Å². The van der Waals surface area contributed by atoms with E-state index in [1.807, 2.05) is 0 Å². The van der Waals surface area contributed by atoms with Gasteiger partial charge in [-0.25, -0.2) is 0 Å². The lowest BCUT2D eigenvalue weighted by Crippen LogP contribution is -2.54. The summed E-state index contributed by atoms with van der Waals surface area (Å²) < 4.78 is 0. The van der Waals surface area contributed by atoms with Crippen molar-refractivity contribution >= 4 is 0 Å². The van der Waals surface area contributed by atoms with Crippen molar-refractivity contribution in [3.63, 3.8) is 0 Å². The van der Waals surface area contributed by atoms with E-state index >= 15 is 0 Å². The highest BCUT2D eigenvalue weighted by Crippen LogP contribution is 2.41. The van der Waals surface area contributed by atoms with Gasteiger partial charge in [0.05, 0.1) is 0 Å². The van der Waals surface area contributed by atoms with Gasteiger partial charge < -0.3 is 5.32 Å². The smallest absolute Gasteiger partial charge is 0.0254 e. The Kier molecular flexibility index (Phi) is 4.94. The maximum Gasteiger partial charge on any atom is 0.0254 e. The largest absolute Gasteiger partial charge is 0.315 e. The molecule has 0 bridgehead atoms. The molecule has 2 aliphatic rings. The molecule has 2 fully saturated rings. The fourth-order valence-corrected chi connectivity index (χ4v) is 4.37. The molecule has 1 saturated heterocycles. The van der Waals surface area contributed by atoms with Gasteiger partial charge in [0.1, 0.15) is 0 Å². The van der Waals surface area contributed by atoms with Crippen LogP contribution in [0.4, 0.5) is 0 Å². The quantitative estimate of drug-likeness (QED) is 0.838. The molecule has 0 aromatic rings. The van der Waals surface area contributed by atoms with Gasteiger partial charge in [0.25, 0.3) is 0 Å². The topological polar surface area (TPSA) is 15.3 Å². The molecule has 2 nitrogen and oxygen atoms in total. The predicted octanol–water partition coefficient (Wildman–Crippen LogP) is 3.66. The van der Waals surface area contributed by atoms with E-state index in [4.69, 9.17) is 0 Å². The first-order chi connectivity index (χ1) is 8.97. The molecule has 0 amide bonds. The van der Waals surface area contributed by atoms with Gasteiger partial charge in [-0.05, 0) is 63.5 Å². The second-order valence-corrected chi connectivity index (χ2v) is 7.78. The first-order valence-corrected chi connectivity index (χ1v) is 8.40. The molecule has 0 aromatic carbocycles. The summed E-state index contributed by atoms with van der Waals surface area (Å²) in [5.74, 6) is 0.889. The van der Waals surface area contributed by atoms with Crippen molar-refractivity contribution in [2.75, 3.05) is 13.6 Å². The highest BCUT2D eigenvalue weighted by Gasteiger charge is 2.40. The number of likely N-dealkylation sites (tertiary alicyclic amines) is 1. The third kappa shape index (κ3) is 3.33. The molecule has 1 N–H and O–H groups in total. The summed E-state index contributed by atoms with van der Waals surface area (Å²) in [6.07, 6.45) is 8.31. The lowest BCUT2D eigenvalue weighted by atomic mass is 9.69. The van der Waals surface area contributed by atoms with Crippen LogP contribution >= 0.6 is 0 Å². The molecule has 1 aliphatic carbocycles. The summed E-state index contributed by atoms with van der Waals surface area (Å²) in [6.45, 7) is 11.0. The molecule has 1 heterocycles. The van der Waals surface area contributed by atoms with Gasteiger partial charge in [-0.3, -0.25) is 4.90 Å². The lowest BCUT2D eigenvalue weighted by molar-refractivity contribution is 0.0522. The van der Waals surface area contributed by atoms with E-state index in [2.05, 4.69) is 45.0 Å². The highest BCUT2D eigenvalue weighted by molar-refractivity contribution is 4.97. The number of nitrogens with one attached hydrogen (secondary N) is 1. The molecule has 4 atom stereocenters. The minimum absolute atomic E-state index is 0.471. The van der Waals surface area contributed by atoms with E-state index in [0.29, 0.717) is 11.5 Å². The highest BCUT2D eigenvalue weighted by atomic mass is 15.2. The SMILES string of the molecule is CCC1CCCN1C1CC(C(C)(C)C)CCC1NC. The van der Waals surface area contributed by atoms with Crippen LogP contribution in [-0.4, -0.2) is 36.6 Å². The normalized spacial score (nSPS) is 37.7. The van der Waals surface area contributed by atoms with Gasteiger partial charge in [-0.2, -0.15) is 0 Å². The zero-order valence-corrected chi connectivity index (χ0v) is 13.7. The average Bonchev–Trinajstić information content (AvgIpc) is 2.85. The molecule has 4 unspecified atom stereocenters. The fourth-order valence-electron chi connectivity index (χ4n) is 4.37. The number of nitrogens with zero attached hydrogens (tertiary/aromatic N) is 1. The summed E-state index contributed by atoms with van der Waals surface area (Å²) in [5.41, 5.74) is 0.471. The van der Waals surface area contributed by atoms with Gasteiger partial charge in [-0.1, -0.05) is 27.7 Å². The Hall–Kier alpha value is -0.0800. The van der Waals surface area contributed by atoms with Gasteiger partial charge in [0.15, 0.2) is 0 Å². The second kappa shape index (κ2) is 6.13. The van der Waals surface area contributed by atoms with Gasteiger partial charge in [0, 0.05) is 18.1 Å². The number of likely N-dealkylation sites (N-methyl/N-ethyl adjacent to an activating group) is 1. The van der Waals surface area contributed by atoms with Crippen LogP contribution in [0, 0.1) is 11.3 Å². The van der Waals surface area contributed by atoms with Crippen LogP contribution in [0.25, 0.3) is 0 Å². The van der Waals surface area contributed by atoms with E-state index in [1.165, 1.54) is 45.1 Å². The molecule has 19 heavy (non-hydrogen) atoms. The average molecular weight is 266 g/mol. The molecular formula is C17H34N2. The van der Waals surface area contributed by atoms with Gasteiger partial charge >= 0.3 is 0 Å². The zero-order valence-electron chi connectivity index (χ0n) is 13.7. The van der Waals surface area contributed by atoms with Gasteiger partial charge in [0.2, 0.25) is 0 Å². The van der Waals surface area contributed by atoms with Crippen molar-refractivity contribution in [1.82, 2.24) is 10.2 Å². The van der Waals surface area contributed by atoms with E-state index in [9.17, 15) is 0 Å². The Morgan fingerprint density at radius 2 is 1.89 bits per heavy atom. The maximum absolute atomic E-state index is 3.61. The third-order valence-electron chi connectivity index (χ3n) is 5.73. The monoisotopic (exact) mass is 266 g/mol. The number of rotatable bonds is 3. The summed E-state index contributed by atoms with van der Waals surface area (Å²) in [6, 6.07) is 2.33. The van der Waals surface area contributed by atoms with E-state index in [-0.39, 0.29) is 0 Å². The zero-order chi connectivity index (χ0) is 14.0. The standard InChI is InChI=1S/C17H34N2/c1-6-14-8-7-11-19(14)16-12-13(17(2,3)4)9-10-15(16)18-5/h13-16,18H,6-12H2,1-5H3. The predicted molar refractivity (Wildman–Crippen MR) is 83.5 cm³/mol. The van der Waals surface area contributed by atoms with Crippen LogP contribution in [0.2, 0.25) is 0 Å². The molecule has 2 rings (SSSR count). The molecule has 2 heteroatoms. The third-order valence-corrected chi connectivity index (χ3v) is 5.73. The fraction of sp³-hybridized carbons (Fsp3) is 1.00. The van der Waals surface area contributed by atoms with Crippen LogP contribution in [0.1, 0.15) is 66.2 Å². The molecule has 0 radical (unpaired) electrons. The minimum Gasteiger partial charge on any atom is -0.315 e. The van der Waals surface area contributed by atoms with Crippen LogP contribution in [-0.2, 0) is 0 Å². The lowest BCUT2D eigenvalue weighted by Gasteiger charge is -2.46. The van der Waals surface area contributed by atoms with E-state index < -0.39 is 0 Å². The minimum atomic E-state index is 0.471. The summed E-state index contributed by atoms with van der Waals surface area (Å²) in [5, 5.41) is 3.61. The van der Waals surface area contributed by atoms with Crippen LogP contribution in [0.5, 0.6) is 0 Å². The molecule has 0 aromatic heterocycles. The second-order valence-electron chi connectivity index (χ2n) is 7.78. The van der Waals surface area contributed by atoms with Crippen molar-refractivity contribution in [2.45, 2.75) is 84.3 Å². The first kappa shape index (κ1) is 15.3. The van der Waals surface area contributed by atoms with Crippen molar-refractivity contribution in [3.05, 3.63) is 0 Å². The molecule has 112 valence electrons.